The molecule has 114 valence electrons. The van der Waals surface area contributed by atoms with E-state index in [1.165, 1.54) is 7.05 Å². The van der Waals surface area contributed by atoms with Crippen LogP contribution in [0.4, 0.5) is 0 Å². The molecule has 7 nitrogen and oxygen atoms in total. The molecule has 0 aromatic carbocycles. The van der Waals surface area contributed by atoms with Gasteiger partial charge < -0.3 is 10.0 Å². The molecule has 1 N–H and O–H groups in total. The van der Waals surface area contributed by atoms with Crippen LogP contribution in [0.5, 0.6) is 0 Å². The smallest absolute Gasteiger partial charge is 0.307 e. The van der Waals surface area contributed by atoms with E-state index in [9.17, 15) is 18.0 Å². The fourth-order valence-corrected chi connectivity index (χ4v) is 3.20. The Kier molecular flexibility index (Phi) is 3.81. The van der Waals surface area contributed by atoms with Gasteiger partial charge >= 0.3 is 5.97 Å². The second kappa shape index (κ2) is 5.00. The monoisotopic (exact) mass is 304 g/mol. The third kappa shape index (κ3) is 2.95. The van der Waals surface area contributed by atoms with E-state index in [2.05, 4.69) is 0 Å². The Morgan fingerprint density at radius 1 is 1.35 bits per heavy atom. The summed E-state index contributed by atoms with van der Waals surface area (Å²) in [6, 6.07) is 0. The van der Waals surface area contributed by atoms with E-state index in [0.29, 0.717) is 32.4 Å². The number of nitrogens with zero attached hydrogens (tertiary/aromatic N) is 2. The molecule has 2 rings (SSSR count). The van der Waals surface area contributed by atoms with Crippen molar-refractivity contribution in [2.24, 2.45) is 11.3 Å². The third-order valence-corrected chi connectivity index (χ3v) is 5.79. The van der Waals surface area contributed by atoms with Gasteiger partial charge in [-0.25, -0.2) is 8.42 Å². The maximum absolute atomic E-state index is 12.0. The van der Waals surface area contributed by atoms with Gasteiger partial charge in [0.15, 0.2) is 0 Å². The van der Waals surface area contributed by atoms with E-state index >= 15 is 0 Å². The third-order valence-electron chi connectivity index (χ3n) is 4.52. The minimum absolute atomic E-state index is 0.120. The van der Waals surface area contributed by atoms with E-state index in [1.54, 1.807) is 4.90 Å². The summed E-state index contributed by atoms with van der Waals surface area (Å²) in [4.78, 5) is 24.6. The Morgan fingerprint density at radius 3 is 2.30 bits per heavy atom. The van der Waals surface area contributed by atoms with Crippen molar-refractivity contribution in [2.75, 3.05) is 32.9 Å². The summed E-state index contributed by atoms with van der Waals surface area (Å²) in [6.45, 7) is 0.870. The van der Waals surface area contributed by atoms with Gasteiger partial charge in [-0.1, -0.05) is 0 Å². The topological polar surface area (TPSA) is 95.0 Å². The number of sulfonamides is 1. The van der Waals surface area contributed by atoms with Gasteiger partial charge in [0, 0.05) is 20.1 Å². The quantitative estimate of drug-likeness (QED) is 0.762. The number of carbonyl (C=O) groups excluding carboxylic acids is 1. The Hall–Kier alpha value is -1.15. The van der Waals surface area contributed by atoms with Gasteiger partial charge in [-0.3, -0.25) is 9.59 Å². The number of piperidine rings is 1. The molecule has 1 aliphatic carbocycles. The normalized spacial score (nSPS) is 24.9. The molecule has 1 amide bonds. The molecular formula is C12H20N2O5S. The highest BCUT2D eigenvalue weighted by Gasteiger charge is 2.59. The molecule has 1 unspecified atom stereocenters. The lowest BCUT2D eigenvalue weighted by Gasteiger charge is -2.33. The number of carboxylic acids is 1. The highest BCUT2D eigenvalue weighted by atomic mass is 32.2. The average molecular weight is 304 g/mol. The Balaban J connectivity index is 1.86. The van der Waals surface area contributed by atoms with Gasteiger partial charge in [0.05, 0.1) is 18.7 Å². The van der Waals surface area contributed by atoms with Crippen molar-refractivity contribution in [3.8, 4) is 0 Å². The SMILES string of the molecule is CN(CC(=O)N1CCC2(CC1)CC2C(=O)O)S(C)(=O)=O. The molecule has 1 heterocycles. The lowest BCUT2D eigenvalue weighted by Crippen LogP contribution is -2.45. The number of amides is 1. The van der Waals surface area contributed by atoms with Crippen molar-refractivity contribution in [1.29, 1.82) is 0 Å². The molecule has 8 heteroatoms. The van der Waals surface area contributed by atoms with E-state index < -0.39 is 16.0 Å². The molecule has 0 radical (unpaired) electrons. The van der Waals surface area contributed by atoms with Crippen LogP contribution < -0.4 is 0 Å². The molecule has 1 saturated carbocycles. The highest BCUT2D eigenvalue weighted by molar-refractivity contribution is 7.88. The Bertz CT molecular complexity index is 522. The van der Waals surface area contributed by atoms with Gasteiger partial charge in [0.2, 0.25) is 15.9 Å². The second-order valence-corrected chi connectivity index (χ2v) is 7.95. The molecule has 2 aliphatic rings. The van der Waals surface area contributed by atoms with Crippen LogP contribution in [0.25, 0.3) is 0 Å². The number of carboxylic acid groups (broad SMARTS) is 1. The van der Waals surface area contributed by atoms with Crippen LogP contribution in [0.2, 0.25) is 0 Å². The molecule has 1 saturated heterocycles. The van der Waals surface area contributed by atoms with Crippen molar-refractivity contribution < 1.29 is 23.1 Å². The van der Waals surface area contributed by atoms with Gasteiger partial charge in [-0.2, -0.15) is 4.31 Å². The summed E-state index contributed by atoms with van der Waals surface area (Å²) in [5, 5.41) is 9.00. The van der Waals surface area contributed by atoms with Crippen molar-refractivity contribution >= 4 is 21.9 Å². The van der Waals surface area contributed by atoms with Crippen LogP contribution in [0.3, 0.4) is 0 Å². The van der Waals surface area contributed by atoms with Crippen LogP contribution in [0, 0.1) is 11.3 Å². The average Bonchev–Trinajstić information content (AvgIpc) is 3.03. The van der Waals surface area contributed by atoms with Crippen molar-refractivity contribution in [2.45, 2.75) is 19.3 Å². The molecule has 1 aliphatic heterocycles. The number of hydrogen-bond donors (Lipinski definition) is 1. The highest BCUT2D eigenvalue weighted by Crippen LogP contribution is 2.59. The second-order valence-electron chi connectivity index (χ2n) is 5.86. The Labute approximate surface area is 118 Å². The maximum Gasteiger partial charge on any atom is 0.307 e. The molecule has 0 aromatic heterocycles. The van der Waals surface area contributed by atoms with Gasteiger partial charge in [-0.05, 0) is 24.7 Å². The van der Waals surface area contributed by atoms with Crippen LogP contribution >= 0.6 is 0 Å². The molecule has 0 bridgehead atoms. The molecule has 20 heavy (non-hydrogen) atoms. The largest absolute Gasteiger partial charge is 0.481 e. The van der Waals surface area contributed by atoms with E-state index in [-0.39, 0.29) is 23.8 Å². The fourth-order valence-electron chi connectivity index (χ4n) is 2.86. The van der Waals surface area contributed by atoms with E-state index in [4.69, 9.17) is 5.11 Å². The van der Waals surface area contributed by atoms with Crippen molar-refractivity contribution in [3.05, 3.63) is 0 Å². The zero-order chi connectivity index (χ0) is 15.1. The first-order valence-corrected chi connectivity index (χ1v) is 8.42. The maximum atomic E-state index is 12.0. The number of hydrogen-bond acceptors (Lipinski definition) is 4. The van der Waals surface area contributed by atoms with Crippen LogP contribution in [-0.2, 0) is 19.6 Å². The first-order valence-electron chi connectivity index (χ1n) is 6.58. The predicted octanol–water partition coefficient (Wildman–Crippen LogP) is -0.409. The Morgan fingerprint density at radius 2 is 1.90 bits per heavy atom. The fraction of sp³-hybridized carbons (Fsp3) is 0.833. The molecule has 2 fully saturated rings. The number of likely N-dealkylation sites (tertiary alicyclic amines) is 1. The molecule has 1 spiro atoms. The summed E-state index contributed by atoms with van der Waals surface area (Å²) < 4.78 is 23.6. The van der Waals surface area contributed by atoms with Crippen molar-refractivity contribution in [1.82, 2.24) is 9.21 Å². The molecule has 1 atom stereocenters. The molecular weight excluding hydrogens is 284 g/mol. The zero-order valence-corrected chi connectivity index (χ0v) is 12.5. The summed E-state index contributed by atoms with van der Waals surface area (Å²) in [5.41, 5.74) is -0.120. The van der Waals surface area contributed by atoms with Crippen LogP contribution in [-0.4, -0.2) is 67.5 Å². The zero-order valence-electron chi connectivity index (χ0n) is 11.7. The lowest BCUT2D eigenvalue weighted by atomic mass is 9.91. The number of aliphatic carboxylic acids is 1. The van der Waals surface area contributed by atoms with Crippen LogP contribution in [0.15, 0.2) is 0 Å². The number of carbonyl (C=O) groups is 2. The summed E-state index contributed by atoms with van der Waals surface area (Å²) in [5.74, 6) is -1.24. The van der Waals surface area contributed by atoms with Gasteiger partial charge in [0.1, 0.15) is 0 Å². The number of likely N-dealkylation sites (N-methyl/N-ethyl adjacent to an activating group) is 1. The van der Waals surface area contributed by atoms with Gasteiger partial charge in [0.25, 0.3) is 0 Å². The summed E-state index contributed by atoms with van der Waals surface area (Å²) >= 11 is 0. The minimum atomic E-state index is -3.36. The summed E-state index contributed by atoms with van der Waals surface area (Å²) in [6.07, 6.45) is 3.15. The minimum Gasteiger partial charge on any atom is -0.481 e. The number of rotatable bonds is 4. The van der Waals surface area contributed by atoms with E-state index in [0.717, 1.165) is 10.6 Å². The summed E-state index contributed by atoms with van der Waals surface area (Å²) in [7, 11) is -1.98. The standard InChI is InChI=1S/C12H20N2O5S/c1-13(20(2,18)19)8-10(15)14-5-3-12(4-6-14)7-9(12)11(16)17/h9H,3-8H2,1-2H3,(H,16,17). The van der Waals surface area contributed by atoms with E-state index in [1.807, 2.05) is 0 Å². The first-order chi connectivity index (χ1) is 9.16. The van der Waals surface area contributed by atoms with Crippen LogP contribution in [0.1, 0.15) is 19.3 Å². The molecule has 0 aromatic rings. The van der Waals surface area contributed by atoms with Gasteiger partial charge in [-0.15, -0.1) is 0 Å². The lowest BCUT2D eigenvalue weighted by molar-refractivity contribution is -0.139. The van der Waals surface area contributed by atoms with Crippen molar-refractivity contribution in [3.63, 3.8) is 0 Å². The first kappa shape index (κ1) is 15.2. The predicted molar refractivity (Wildman–Crippen MR) is 71.5 cm³/mol.